The molecule has 0 aliphatic rings. The molecule has 1 atom stereocenters. The van der Waals surface area contributed by atoms with E-state index in [1.54, 1.807) is 31.1 Å². The Balaban J connectivity index is 2.04. The van der Waals surface area contributed by atoms with Crippen molar-refractivity contribution in [3.63, 3.8) is 0 Å². The van der Waals surface area contributed by atoms with Gasteiger partial charge >= 0.3 is 0 Å². The van der Waals surface area contributed by atoms with Gasteiger partial charge in [0.05, 0.1) is 7.11 Å². The van der Waals surface area contributed by atoms with E-state index in [1.807, 2.05) is 43.3 Å². The Labute approximate surface area is 171 Å². The van der Waals surface area contributed by atoms with Gasteiger partial charge in [-0.05, 0) is 48.7 Å². The van der Waals surface area contributed by atoms with E-state index in [2.05, 4.69) is 5.32 Å². The number of carbonyl (C=O) groups is 2. The maximum Gasteiger partial charge on any atom is 0.242 e. The van der Waals surface area contributed by atoms with Crippen LogP contribution in [0.5, 0.6) is 5.75 Å². The lowest BCUT2D eigenvalue weighted by atomic mass is 10.1. The number of benzene rings is 2. The predicted molar refractivity (Wildman–Crippen MR) is 111 cm³/mol. The van der Waals surface area contributed by atoms with Crippen molar-refractivity contribution in [3.8, 4) is 5.75 Å². The number of hydrogen-bond acceptors (Lipinski definition) is 3. The zero-order valence-corrected chi connectivity index (χ0v) is 17.3. The van der Waals surface area contributed by atoms with Crippen LogP contribution in [0.25, 0.3) is 0 Å². The molecule has 0 saturated heterocycles. The average molecular weight is 403 g/mol. The number of halogens is 1. The van der Waals surface area contributed by atoms with Gasteiger partial charge in [0.25, 0.3) is 0 Å². The Morgan fingerprint density at radius 1 is 1.07 bits per heavy atom. The SMILES string of the molecule is CCCC(=O)N(Cc1ccc(Cl)cc1)[C@H](C)C(=O)NCc1ccc(OC)cc1. The van der Waals surface area contributed by atoms with Gasteiger partial charge in [-0.1, -0.05) is 42.8 Å². The second kappa shape index (κ2) is 10.7. The number of amides is 2. The molecule has 0 saturated carbocycles. The van der Waals surface area contributed by atoms with Crippen molar-refractivity contribution >= 4 is 23.4 Å². The highest BCUT2D eigenvalue weighted by atomic mass is 35.5. The summed E-state index contributed by atoms with van der Waals surface area (Å²) in [6.45, 7) is 4.47. The Hall–Kier alpha value is -2.53. The lowest BCUT2D eigenvalue weighted by molar-refractivity contribution is -0.140. The monoisotopic (exact) mass is 402 g/mol. The van der Waals surface area contributed by atoms with E-state index in [0.717, 1.165) is 23.3 Å². The topological polar surface area (TPSA) is 58.6 Å². The van der Waals surface area contributed by atoms with Gasteiger partial charge < -0.3 is 15.0 Å². The van der Waals surface area contributed by atoms with Crippen LogP contribution in [0, 0.1) is 0 Å². The normalized spacial score (nSPS) is 11.6. The van der Waals surface area contributed by atoms with E-state index >= 15 is 0 Å². The molecule has 2 aromatic rings. The molecule has 150 valence electrons. The number of rotatable bonds is 9. The number of ether oxygens (including phenoxy) is 1. The minimum atomic E-state index is -0.576. The van der Waals surface area contributed by atoms with E-state index in [9.17, 15) is 9.59 Å². The lowest BCUT2D eigenvalue weighted by Gasteiger charge is -2.29. The second-order valence-corrected chi connectivity index (χ2v) is 7.08. The van der Waals surface area contributed by atoms with Gasteiger partial charge in [-0.15, -0.1) is 0 Å². The smallest absolute Gasteiger partial charge is 0.242 e. The minimum absolute atomic E-state index is 0.0375. The van der Waals surface area contributed by atoms with Crippen LogP contribution in [0.3, 0.4) is 0 Å². The molecule has 2 aromatic carbocycles. The minimum Gasteiger partial charge on any atom is -0.497 e. The van der Waals surface area contributed by atoms with Crippen molar-refractivity contribution in [1.82, 2.24) is 10.2 Å². The zero-order valence-electron chi connectivity index (χ0n) is 16.6. The largest absolute Gasteiger partial charge is 0.497 e. The second-order valence-electron chi connectivity index (χ2n) is 6.64. The third kappa shape index (κ3) is 6.27. The van der Waals surface area contributed by atoms with Crippen LogP contribution in [0.4, 0.5) is 0 Å². The zero-order chi connectivity index (χ0) is 20.5. The first-order valence-corrected chi connectivity index (χ1v) is 9.77. The number of hydrogen-bond donors (Lipinski definition) is 1. The Morgan fingerprint density at radius 3 is 2.25 bits per heavy atom. The molecule has 28 heavy (non-hydrogen) atoms. The van der Waals surface area contributed by atoms with Gasteiger partial charge in [-0.2, -0.15) is 0 Å². The highest BCUT2D eigenvalue weighted by Gasteiger charge is 2.25. The molecule has 0 fully saturated rings. The van der Waals surface area contributed by atoms with Crippen molar-refractivity contribution in [3.05, 3.63) is 64.7 Å². The van der Waals surface area contributed by atoms with Crippen LogP contribution in [0.2, 0.25) is 5.02 Å². The van der Waals surface area contributed by atoms with Crippen LogP contribution in [-0.4, -0.2) is 29.9 Å². The molecule has 0 spiro atoms. The van der Waals surface area contributed by atoms with Gasteiger partial charge in [-0.25, -0.2) is 0 Å². The van der Waals surface area contributed by atoms with Gasteiger partial charge in [0.2, 0.25) is 11.8 Å². The van der Waals surface area contributed by atoms with Crippen molar-refractivity contribution in [1.29, 1.82) is 0 Å². The number of methoxy groups -OCH3 is 1. The van der Waals surface area contributed by atoms with Crippen molar-refractivity contribution in [2.24, 2.45) is 0 Å². The molecule has 2 amide bonds. The van der Waals surface area contributed by atoms with Gasteiger partial charge in [0.15, 0.2) is 0 Å². The van der Waals surface area contributed by atoms with Gasteiger partial charge in [0.1, 0.15) is 11.8 Å². The molecule has 0 aromatic heterocycles. The third-order valence-corrected chi connectivity index (χ3v) is 4.78. The Morgan fingerprint density at radius 2 is 1.68 bits per heavy atom. The fraction of sp³-hybridized carbons (Fsp3) is 0.364. The molecule has 5 nitrogen and oxygen atoms in total. The van der Waals surface area contributed by atoms with E-state index in [-0.39, 0.29) is 11.8 Å². The molecule has 0 heterocycles. The summed E-state index contributed by atoms with van der Waals surface area (Å²) >= 11 is 5.94. The summed E-state index contributed by atoms with van der Waals surface area (Å²) in [7, 11) is 1.61. The first-order valence-electron chi connectivity index (χ1n) is 9.39. The fourth-order valence-electron chi connectivity index (χ4n) is 2.81. The van der Waals surface area contributed by atoms with Crippen molar-refractivity contribution in [2.45, 2.75) is 45.8 Å². The summed E-state index contributed by atoms with van der Waals surface area (Å²) in [5, 5.41) is 3.55. The fourth-order valence-corrected chi connectivity index (χ4v) is 2.93. The number of nitrogens with one attached hydrogen (secondary N) is 1. The van der Waals surface area contributed by atoms with Gasteiger partial charge in [0, 0.05) is 24.5 Å². The summed E-state index contributed by atoms with van der Waals surface area (Å²) < 4.78 is 5.14. The lowest BCUT2D eigenvalue weighted by Crippen LogP contribution is -2.47. The van der Waals surface area contributed by atoms with E-state index < -0.39 is 6.04 Å². The highest BCUT2D eigenvalue weighted by Crippen LogP contribution is 2.15. The first-order chi connectivity index (χ1) is 13.4. The standard InChI is InChI=1S/C22H27ClN2O3/c1-4-5-21(26)25(15-18-6-10-19(23)11-7-18)16(2)22(27)24-14-17-8-12-20(28-3)13-9-17/h6-13,16H,4-5,14-15H2,1-3H3,(H,24,27)/t16-/m1/s1. The van der Waals surface area contributed by atoms with Crippen LogP contribution >= 0.6 is 11.6 Å². The summed E-state index contributed by atoms with van der Waals surface area (Å²) in [6, 6.07) is 14.2. The molecule has 0 bridgehead atoms. The Bertz CT molecular complexity index is 775. The summed E-state index contributed by atoms with van der Waals surface area (Å²) in [5.41, 5.74) is 1.90. The summed E-state index contributed by atoms with van der Waals surface area (Å²) in [6.07, 6.45) is 1.14. The van der Waals surface area contributed by atoms with Crippen LogP contribution in [0.15, 0.2) is 48.5 Å². The van der Waals surface area contributed by atoms with Crippen molar-refractivity contribution in [2.75, 3.05) is 7.11 Å². The highest BCUT2D eigenvalue weighted by molar-refractivity contribution is 6.30. The molecular formula is C22H27ClN2O3. The maximum atomic E-state index is 12.7. The first kappa shape index (κ1) is 21.8. The summed E-state index contributed by atoms with van der Waals surface area (Å²) in [4.78, 5) is 26.9. The van der Waals surface area contributed by atoms with Gasteiger partial charge in [-0.3, -0.25) is 9.59 Å². The maximum absolute atomic E-state index is 12.7. The van der Waals surface area contributed by atoms with Crippen LogP contribution in [-0.2, 0) is 22.7 Å². The van der Waals surface area contributed by atoms with E-state index in [4.69, 9.17) is 16.3 Å². The molecule has 6 heteroatoms. The quantitative estimate of drug-likeness (QED) is 0.684. The van der Waals surface area contributed by atoms with E-state index in [0.29, 0.717) is 24.5 Å². The van der Waals surface area contributed by atoms with Crippen LogP contribution in [0.1, 0.15) is 37.8 Å². The van der Waals surface area contributed by atoms with E-state index in [1.165, 1.54) is 0 Å². The third-order valence-electron chi connectivity index (χ3n) is 4.52. The van der Waals surface area contributed by atoms with Crippen molar-refractivity contribution < 1.29 is 14.3 Å². The molecule has 1 N–H and O–H groups in total. The summed E-state index contributed by atoms with van der Waals surface area (Å²) in [5.74, 6) is 0.543. The average Bonchev–Trinajstić information content (AvgIpc) is 2.71. The number of nitrogens with zero attached hydrogens (tertiary/aromatic N) is 1. The Kier molecular flexibility index (Phi) is 8.33. The molecular weight excluding hydrogens is 376 g/mol. The molecule has 0 radical (unpaired) electrons. The molecule has 2 rings (SSSR count). The van der Waals surface area contributed by atoms with Crippen LogP contribution < -0.4 is 10.1 Å². The molecule has 0 aliphatic heterocycles. The molecule has 0 unspecified atom stereocenters. The molecule has 0 aliphatic carbocycles. The number of carbonyl (C=O) groups excluding carboxylic acids is 2. The predicted octanol–water partition coefficient (Wildman–Crippen LogP) is 4.18.